The molecule has 0 unspecified atom stereocenters. The second-order valence-corrected chi connectivity index (χ2v) is 8.05. The summed E-state index contributed by atoms with van der Waals surface area (Å²) in [5, 5.41) is 2.02. The molecule has 2 rings (SSSR count). The van der Waals surface area contributed by atoms with E-state index in [9.17, 15) is 26.4 Å². The summed E-state index contributed by atoms with van der Waals surface area (Å²) < 4.78 is 64.5. The number of hydrogen-bond acceptors (Lipinski definition) is 4. The van der Waals surface area contributed by atoms with Gasteiger partial charge in [-0.15, -0.1) is 0 Å². The predicted octanol–water partition coefficient (Wildman–Crippen LogP) is 3.50. The summed E-state index contributed by atoms with van der Waals surface area (Å²) in [5.74, 6) is -1.04. The Labute approximate surface area is 165 Å². The molecular weight excluding hydrogens is 419 g/mol. The van der Waals surface area contributed by atoms with Crippen LogP contribution in [0.25, 0.3) is 0 Å². The number of carbonyl (C=O) groups is 1. The third-order valence-corrected chi connectivity index (χ3v) is 5.20. The number of amides is 1. The van der Waals surface area contributed by atoms with Crippen molar-refractivity contribution in [1.82, 2.24) is 5.32 Å². The summed E-state index contributed by atoms with van der Waals surface area (Å²) in [6.45, 7) is -1.52. The first-order chi connectivity index (χ1) is 12.9. The third-order valence-electron chi connectivity index (χ3n) is 3.53. The topological polar surface area (TPSA) is 78.5 Å². The first-order valence-corrected chi connectivity index (χ1v) is 9.70. The number of nitrogens with zero attached hydrogens (tertiary/aromatic N) is 1. The molecule has 2 aromatic carbocycles. The highest BCUT2D eigenvalue weighted by Gasteiger charge is 2.28. The number of hydrogen-bond donors (Lipinski definition) is 2. The molecule has 0 atom stereocenters. The molecule has 2 aromatic rings. The Morgan fingerprint density at radius 1 is 1.14 bits per heavy atom. The van der Waals surface area contributed by atoms with Crippen molar-refractivity contribution in [3.63, 3.8) is 0 Å². The first-order valence-electron chi connectivity index (χ1n) is 7.84. The van der Waals surface area contributed by atoms with Gasteiger partial charge in [0.25, 0.3) is 15.9 Å². The summed E-state index contributed by atoms with van der Waals surface area (Å²) >= 11 is 6.12. The fourth-order valence-corrected chi connectivity index (χ4v) is 3.80. The van der Waals surface area contributed by atoms with E-state index in [1.54, 1.807) is 36.4 Å². The number of alkyl halides is 3. The average molecular weight is 436 g/mol. The van der Waals surface area contributed by atoms with Crippen LogP contribution in [0, 0.1) is 0 Å². The molecule has 1 amide bonds. The lowest BCUT2D eigenvalue weighted by Gasteiger charge is -2.20. The van der Waals surface area contributed by atoms with Gasteiger partial charge in [-0.3, -0.25) is 9.52 Å². The van der Waals surface area contributed by atoms with Crippen molar-refractivity contribution in [1.29, 1.82) is 0 Å². The number of nitrogens with one attached hydrogen (secondary N) is 2. The second-order valence-electron chi connectivity index (χ2n) is 5.96. The third kappa shape index (κ3) is 5.52. The molecule has 0 bridgehead atoms. The lowest BCUT2D eigenvalue weighted by molar-refractivity contribution is -0.123. The Bertz CT molecular complexity index is 979. The van der Waals surface area contributed by atoms with Gasteiger partial charge in [-0.05, 0) is 30.3 Å². The predicted molar refractivity (Wildman–Crippen MR) is 101 cm³/mol. The molecule has 0 aliphatic heterocycles. The summed E-state index contributed by atoms with van der Waals surface area (Å²) in [6.07, 6.45) is -4.57. The molecule has 0 saturated heterocycles. The van der Waals surface area contributed by atoms with Crippen molar-refractivity contribution in [3.8, 4) is 0 Å². The number of carbonyl (C=O) groups excluding carboxylic acids is 1. The van der Waals surface area contributed by atoms with E-state index in [-0.39, 0.29) is 16.1 Å². The largest absolute Gasteiger partial charge is 0.405 e. The molecule has 0 spiro atoms. The Balaban J connectivity index is 2.31. The molecule has 0 aliphatic rings. The van der Waals surface area contributed by atoms with Crippen LogP contribution in [0.4, 0.5) is 24.5 Å². The van der Waals surface area contributed by atoms with Crippen molar-refractivity contribution >= 4 is 38.9 Å². The van der Waals surface area contributed by atoms with Crippen molar-refractivity contribution in [2.45, 2.75) is 11.1 Å². The van der Waals surface area contributed by atoms with E-state index in [1.165, 1.54) is 24.3 Å². The minimum Gasteiger partial charge on any atom is -0.375 e. The molecule has 0 heterocycles. The zero-order chi connectivity index (χ0) is 21.1. The fraction of sp³-hybridized carbons (Fsp3) is 0.235. The maximum absolute atomic E-state index is 12.7. The standard InChI is InChI=1S/C17H17ClF3N3O3S/c1-24(2)15-13(18)7-4-8-14(15)23-28(26,27)12-6-3-5-11(9-12)16(25)22-10-17(19,20)21/h3-9,23H,10H2,1-2H3,(H,22,25). The minimum atomic E-state index is -4.57. The van der Waals surface area contributed by atoms with Gasteiger partial charge in [0.1, 0.15) is 6.54 Å². The van der Waals surface area contributed by atoms with Crippen LogP contribution in [-0.4, -0.2) is 41.1 Å². The van der Waals surface area contributed by atoms with Crippen molar-refractivity contribution < 1.29 is 26.4 Å². The molecule has 0 saturated carbocycles. The Morgan fingerprint density at radius 3 is 2.39 bits per heavy atom. The highest BCUT2D eigenvalue weighted by molar-refractivity contribution is 7.92. The van der Waals surface area contributed by atoms with Crippen molar-refractivity contribution in [3.05, 3.63) is 53.1 Å². The highest BCUT2D eigenvalue weighted by Crippen LogP contribution is 2.33. The maximum Gasteiger partial charge on any atom is 0.405 e. The highest BCUT2D eigenvalue weighted by atomic mass is 35.5. The zero-order valence-electron chi connectivity index (χ0n) is 14.8. The summed E-state index contributed by atoms with van der Waals surface area (Å²) in [6, 6.07) is 9.38. The number of benzene rings is 2. The van der Waals surface area contributed by atoms with Crippen molar-refractivity contribution in [2.24, 2.45) is 0 Å². The molecular formula is C17H17ClF3N3O3S. The van der Waals surface area contributed by atoms with Crippen LogP contribution in [0.15, 0.2) is 47.4 Å². The molecule has 0 radical (unpaired) electrons. The van der Waals surface area contributed by atoms with Gasteiger partial charge >= 0.3 is 6.18 Å². The van der Waals surface area contributed by atoms with Gasteiger partial charge in [-0.1, -0.05) is 23.7 Å². The van der Waals surface area contributed by atoms with Gasteiger partial charge in [0, 0.05) is 19.7 Å². The average Bonchev–Trinajstić information content (AvgIpc) is 2.58. The maximum atomic E-state index is 12.7. The molecule has 28 heavy (non-hydrogen) atoms. The molecule has 152 valence electrons. The molecule has 0 aliphatic carbocycles. The van der Waals surface area contributed by atoms with E-state index in [0.29, 0.717) is 10.7 Å². The summed E-state index contributed by atoms with van der Waals surface area (Å²) in [7, 11) is -0.753. The number of para-hydroxylation sites is 1. The number of anilines is 2. The quantitative estimate of drug-likeness (QED) is 0.728. The van der Waals surface area contributed by atoms with Crippen LogP contribution in [0.1, 0.15) is 10.4 Å². The molecule has 2 N–H and O–H groups in total. The number of rotatable bonds is 6. The Kier molecular flexibility index (Phi) is 6.45. The van der Waals surface area contributed by atoms with Crippen LogP contribution >= 0.6 is 11.6 Å². The van der Waals surface area contributed by atoms with Gasteiger partial charge in [-0.2, -0.15) is 13.2 Å². The van der Waals surface area contributed by atoms with Crippen LogP contribution in [0.5, 0.6) is 0 Å². The van der Waals surface area contributed by atoms with Gasteiger partial charge in [-0.25, -0.2) is 8.42 Å². The molecule has 6 nitrogen and oxygen atoms in total. The van der Waals surface area contributed by atoms with Crippen LogP contribution in [-0.2, 0) is 10.0 Å². The fourth-order valence-electron chi connectivity index (χ4n) is 2.34. The number of halogens is 4. The Morgan fingerprint density at radius 2 is 1.79 bits per heavy atom. The second kappa shape index (κ2) is 8.27. The van der Waals surface area contributed by atoms with Crippen LogP contribution in [0.3, 0.4) is 0 Å². The van der Waals surface area contributed by atoms with E-state index in [4.69, 9.17) is 11.6 Å². The first kappa shape index (κ1) is 21.8. The molecule has 0 aromatic heterocycles. The monoisotopic (exact) mass is 435 g/mol. The lowest BCUT2D eigenvalue weighted by atomic mass is 10.2. The van der Waals surface area contributed by atoms with E-state index >= 15 is 0 Å². The lowest BCUT2D eigenvalue weighted by Crippen LogP contribution is -2.33. The summed E-state index contributed by atoms with van der Waals surface area (Å²) in [5.41, 5.74) is 0.433. The zero-order valence-corrected chi connectivity index (χ0v) is 16.4. The minimum absolute atomic E-state index is 0.212. The van der Waals surface area contributed by atoms with E-state index in [2.05, 4.69) is 4.72 Å². The number of sulfonamides is 1. The van der Waals surface area contributed by atoms with E-state index in [1.807, 2.05) is 0 Å². The smallest absolute Gasteiger partial charge is 0.375 e. The van der Waals surface area contributed by atoms with Crippen LogP contribution < -0.4 is 14.9 Å². The van der Waals surface area contributed by atoms with E-state index in [0.717, 1.165) is 6.07 Å². The summed E-state index contributed by atoms with van der Waals surface area (Å²) in [4.78, 5) is 13.2. The molecule has 0 fully saturated rings. The van der Waals surface area contributed by atoms with E-state index < -0.39 is 28.7 Å². The van der Waals surface area contributed by atoms with Gasteiger partial charge < -0.3 is 10.2 Å². The SMILES string of the molecule is CN(C)c1c(Cl)cccc1NS(=O)(=O)c1cccc(C(=O)NCC(F)(F)F)c1. The van der Waals surface area contributed by atoms with Crippen molar-refractivity contribution in [2.75, 3.05) is 30.3 Å². The Hall–Kier alpha value is -2.46. The molecule has 11 heteroatoms. The van der Waals surface area contributed by atoms with Crippen LogP contribution in [0.2, 0.25) is 5.02 Å². The normalized spacial score (nSPS) is 11.8. The van der Waals surface area contributed by atoms with Gasteiger partial charge in [0.05, 0.1) is 21.3 Å². The van der Waals surface area contributed by atoms with Gasteiger partial charge in [0.15, 0.2) is 0 Å². The van der Waals surface area contributed by atoms with Gasteiger partial charge in [0.2, 0.25) is 0 Å².